The van der Waals surface area contributed by atoms with Crippen LogP contribution in [-0.2, 0) is 5.41 Å². The summed E-state index contributed by atoms with van der Waals surface area (Å²) in [6.07, 6.45) is -3.10. The molecule has 130 valence electrons. The molecule has 2 aromatic carbocycles. The van der Waals surface area contributed by atoms with Crippen molar-refractivity contribution in [3.8, 4) is 0 Å². The number of alkyl halides is 3. The Morgan fingerprint density at radius 2 is 1.64 bits per heavy atom. The summed E-state index contributed by atoms with van der Waals surface area (Å²) in [4.78, 5) is 4.84. The van der Waals surface area contributed by atoms with Gasteiger partial charge in [-0.3, -0.25) is 4.99 Å². The molecule has 0 aromatic heterocycles. The first kappa shape index (κ1) is 16.4. The van der Waals surface area contributed by atoms with Crippen LogP contribution in [0, 0.1) is 0 Å². The predicted molar refractivity (Wildman–Crippen MR) is 93.1 cm³/mol. The number of rotatable bonds is 2. The van der Waals surface area contributed by atoms with Gasteiger partial charge in [0.1, 0.15) is 0 Å². The molecule has 2 aromatic rings. The van der Waals surface area contributed by atoms with Gasteiger partial charge in [-0.15, -0.1) is 0 Å². The molecule has 0 radical (unpaired) electrons. The molecule has 2 atom stereocenters. The summed E-state index contributed by atoms with van der Waals surface area (Å²) in [5.74, 6) is 0. The molecule has 0 amide bonds. The molecule has 1 aliphatic heterocycles. The smallest absolute Gasteiger partial charge is 0.276 e. The van der Waals surface area contributed by atoms with Crippen molar-refractivity contribution in [2.45, 2.75) is 49.7 Å². The van der Waals surface area contributed by atoms with Crippen molar-refractivity contribution in [2.24, 2.45) is 4.99 Å². The number of nitrogens with zero attached hydrogens (tertiary/aromatic N) is 1. The molecule has 4 rings (SSSR count). The van der Waals surface area contributed by atoms with Gasteiger partial charge in [-0.1, -0.05) is 67.9 Å². The van der Waals surface area contributed by atoms with Crippen molar-refractivity contribution in [1.82, 2.24) is 0 Å². The third kappa shape index (κ3) is 2.50. The molecule has 0 spiro atoms. The first-order valence-electron chi connectivity index (χ1n) is 8.67. The van der Waals surface area contributed by atoms with Gasteiger partial charge in [0.15, 0.2) is 0 Å². The molecular weight excluding hydrogens is 323 g/mol. The maximum Gasteiger partial charge on any atom is 0.391 e. The summed E-state index contributed by atoms with van der Waals surface area (Å²) in [5, 5.41) is 0. The van der Waals surface area contributed by atoms with Gasteiger partial charge in [-0.2, -0.15) is 13.2 Å². The van der Waals surface area contributed by atoms with E-state index >= 15 is 0 Å². The molecule has 0 saturated heterocycles. The van der Waals surface area contributed by atoms with Crippen molar-refractivity contribution in [3.05, 3.63) is 71.3 Å². The minimum Gasteiger partial charge on any atom is -0.276 e. The Labute approximate surface area is 145 Å². The van der Waals surface area contributed by atoms with E-state index < -0.39 is 23.6 Å². The molecular formula is C21H20F3N. The summed E-state index contributed by atoms with van der Waals surface area (Å²) in [5.41, 5.74) is 1.87. The number of halogens is 3. The molecule has 1 aliphatic carbocycles. The van der Waals surface area contributed by atoms with Crippen LogP contribution in [0.25, 0.3) is 0 Å². The van der Waals surface area contributed by atoms with Gasteiger partial charge < -0.3 is 0 Å². The fraction of sp³-hybridized carbons (Fsp3) is 0.381. The van der Waals surface area contributed by atoms with E-state index in [1.165, 1.54) is 0 Å². The first-order chi connectivity index (χ1) is 11.8. The zero-order valence-corrected chi connectivity index (χ0v) is 14.1. The van der Waals surface area contributed by atoms with Gasteiger partial charge in [0, 0.05) is 16.5 Å². The van der Waals surface area contributed by atoms with Crippen LogP contribution >= 0.6 is 0 Å². The van der Waals surface area contributed by atoms with Crippen LogP contribution in [0.5, 0.6) is 0 Å². The molecule has 1 heterocycles. The van der Waals surface area contributed by atoms with Gasteiger partial charge in [-0.25, -0.2) is 0 Å². The summed E-state index contributed by atoms with van der Waals surface area (Å²) < 4.78 is 40.4. The van der Waals surface area contributed by atoms with Crippen LogP contribution in [0.3, 0.4) is 0 Å². The first-order valence-corrected chi connectivity index (χ1v) is 8.67. The highest BCUT2D eigenvalue weighted by Gasteiger charge is 2.59. The lowest BCUT2D eigenvalue weighted by molar-refractivity contribution is -0.151. The second-order valence-corrected chi connectivity index (χ2v) is 7.38. The molecule has 25 heavy (non-hydrogen) atoms. The van der Waals surface area contributed by atoms with Crippen molar-refractivity contribution >= 4 is 5.71 Å². The Morgan fingerprint density at radius 3 is 2.36 bits per heavy atom. The van der Waals surface area contributed by atoms with E-state index in [2.05, 4.69) is 0 Å². The van der Waals surface area contributed by atoms with E-state index in [9.17, 15) is 13.2 Å². The van der Waals surface area contributed by atoms with Crippen LogP contribution in [0.1, 0.15) is 49.3 Å². The fourth-order valence-corrected chi connectivity index (χ4v) is 4.72. The van der Waals surface area contributed by atoms with Gasteiger partial charge >= 0.3 is 6.18 Å². The van der Waals surface area contributed by atoms with Crippen LogP contribution in [0.2, 0.25) is 0 Å². The van der Waals surface area contributed by atoms with E-state index in [4.69, 9.17) is 4.99 Å². The average molecular weight is 343 g/mol. The Kier molecular flexibility index (Phi) is 3.57. The SMILES string of the molecule is CC12CCCC1(CC(F)(F)F)N=C(c1ccccc1)c1ccccc12. The van der Waals surface area contributed by atoms with Gasteiger partial charge in [0.05, 0.1) is 17.7 Å². The minimum atomic E-state index is -4.23. The number of hydrogen-bond donors (Lipinski definition) is 0. The van der Waals surface area contributed by atoms with Crippen LogP contribution in [0.4, 0.5) is 13.2 Å². The lowest BCUT2D eigenvalue weighted by Gasteiger charge is -2.46. The van der Waals surface area contributed by atoms with Crippen molar-refractivity contribution in [1.29, 1.82) is 0 Å². The standard InChI is InChI=1S/C21H20F3N/c1-19-12-7-13-20(19,14-21(22,23)24)25-18(15-8-3-2-4-9-15)16-10-5-6-11-17(16)19/h2-6,8-11H,7,12-14H2,1H3. The quantitative estimate of drug-likeness (QED) is 0.666. The lowest BCUT2D eigenvalue weighted by Crippen LogP contribution is -2.50. The zero-order valence-electron chi connectivity index (χ0n) is 14.1. The van der Waals surface area contributed by atoms with Gasteiger partial charge in [-0.05, 0) is 18.4 Å². The monoisotopic (exact) mass is 343 g/mol. The summed E-state index contributed by atoms with van der Waals surface area (Å²) in [6.45, 7) is 1.97. The fourth-order valence-electron chi connectivity index (χ4n) is 4.72. The highest BCUT2D eigenvalue weighted by molar-refractivity contribution is 6.15. The molecule has 4 heteroatoms. The van der Waals surface area contributed by atoms with Crippen LogP contribution < -0.4 is 0 Å². The van der Waals surface area contributed by atoms with E-state index in [1.54, 1.807) is 0 Å². The molecule has 1 nitrogen and oxygen atoms in total. The maximum absolute atomic E-state index is 13.5. The van der Waals surface area contributed by atoms with Gasteiger partial charge in [0.2, 0.25) is 0 Å². The molecule has 0 bridgehead atoms. The number of aliphatic imine (C=N–C) groups is 1. The number of benzene rings is 2. The van der Waals surface area contributed by atoms with Crippen molar-refractivity contribution < 1.29 is 13.2 Å². The Hall–Kier alpha value is -2.10. The van der Waals surface area contributed by atoms with Gasteiger partial charge in [0.25, 0.3) is 0 Å². The van der Waals surface area contributed by atoms with E-state index in [0.717, 1.165) is 29.5 Å². The normalized spacial score (nSPS) is 28.2. The number of hydrogen-bond acceptors (Lipinski definition) is 1. The third-order valence-electron chi connectivity index (χ3n) is 5.94. The van der Waals surface area contributed by atoms with Crippen LogP contribution in [-0.4, -0.2) is 17.4 Å². The average Bonchev–Trinajstić information content (AvgIpc) is 2.90. The van der Waals surface area contributed by atoms with E-state index in [-0.39, 0.29) is 0 Å². The maximum atomic E-state index is 13.5. The summed E-state index contributed by atoms with van der Waals surface area (Å²) in [6, 6.07) is 17.4. The molecule has 2 unspecified atom stereocenters. The second-order valence-electron chi connectivity index (χ2n) is 7.38. The summed E-state index contributed by atoms with van der Waals surface area (Å²) in [7, 11) is 0. The Balaban J connectivity index is 1.98. The van der Waals surface area contributed by atoms with Crippen molar-refractivity contribution in [3.63, 3.8) is 0 Å². The predicted octanol–water partition coefficient (Wildman–Crippen LogP) is 5.67. The largest absolute Gasteiger partial charge is 0.391 e. The van der Waals surface area contributed by atoms with E-state index in [1.807, 2.05) is 61.5 Å². The Bertz CT molecular complexity index is 825. The molecule has 1 fully saturated rings. The Morgan fingerprint density at radius 1 is 0.960 bits per heavy atom. The molecule has 1 saturated carbocycles. The zero-order chi connectivity index (χ0) is 17.7. The minimum absolute atomic E-state index is 0.480. The topological polar surface area (TPSA) is 12.4 Å². The van der Waals surface area contributed by atoms with E-state index in [0.29, 0.717) is 12.1 Å². The third-order valence-corrected chi connectivity index (χ3v) is 5.94. The highest BCUT2D eigenvalue weighted by Crippen LogP contribution is 2.57. The second kappa shape index (κ2) is 5.45. The van der Waals surface area contributed by atoms with Crippen LogP contribution in [0.15, 0.2) is 59.6 Å². The summed E-state index contributed by atoms with van der Waals surface area (Å²) >= 11 is 0. The number of fused-ring (bicyclic) bond motifs is 3. The highest BCUT2D eigenvalue weighted by atomic mass is 19.4. The lowest BCUT2D eigenvalue weighted by atomic mass is 9.63. The van der Waals surface area contributed by atoms with Crippen molar-refractivity contribution in [2.75, 3.05) is 0 Å². The molecule has 0 N–H and O–H groups in total. The molecule has 2 aliphatic rings.